The maximum Gasteiger partial charge on any atom is 0.142 e. The first-order valence-electron chi connectivity index (χ1n) is 5.74. The van der Waals surface area contributed by atoms with Crippen molar-refractivity contribution in [2.75, 3.05) is 0 Å². The Balaban J connectivity index is 1.84. The van der Waals surface area contributed by atoms with E-state index in [0.29, 0.717) is 11.7 Å². The van der Waals surface area contributed by atoms with Gasteiger partial charge in [-0.1, -0.05) is 19.8 Å². The van der Waals surface area contributed by atoms with Crippen molar-refractivity contribution in [1.82, 2.24) is 0 Å². The minimum Gasteiger partial charge on any atom is -0.299 e. The molecule has 1 heteroatoms. The second-order valence-corrected chi connectivity index (χ2v) is 5.64. The van der Waals surface area contributed by atoms with Crippen LogP contribution in [0.4, 0.5) is 0 Å². The second-order valence-electron chi connectivity index (χ2n) is 5.64. The van der Waals surface area contributed by atoms with Crippen LogP contribution in [0.15, 0.2) is 0 Å². The van der Waals surface area contributed by atoms with Gasteiger partial charge in [0.25, 0.3) is 0 Å². The minimum atomic E-state index is 0.115. The first-order valence-corrected chi connectivity index (χ1v) is 5.74. The maximum absolute atomic E-state index is 12.1. The number of fused-ring (bicyclic) bond motifs is 2. The van der Waals surface area contributed by atoms with Crippen molar-refractivity contribution in [2.24, 2.45) is 23.2 Å². The van der Waals surface area contributed by atoms with Crippen LogP contribution < -0.4 is 0 Å². The number of carbonyl (C=O) groups excluding carboxylic acids is 1. The summed E-state index contributed by atoms with van der Waals surface area (Å²) in [4.78, 5) is 12.1. The third-order valence-corrected chi connectivity index (χ3v) is 4.68. The van der Waals surface area contributed by atoms with Crippen molar-refractivity contribution < 1.29 is 4.79 Å². The van der Waals surface area contributed by atoms with Crippen LogP contribution in [0.2, 0.25) is 0 Å². The molecule has 3 aliphatic rings. The molecule has 3 rings (SSSR count). The van der Waals surface area contributed by atoms with Crippen molar-refractivity contribution in [1.29, 1.82) is 0 Å². The van der Waals surface area contributed by atoms with Crippen LogP contribution >= 0.6 is 0 Å². The average molecular weight is 178 g/mol. The molecule has 0 spiro atoms. The Kier molecular flexibility index (Phi) is 1.46. The van der Waals surface area contributed by atoms with Gasteiger partial charge in [-0.15, -0.1) is 0 Å². The number of rotatable bonds is 2. The number of hydrogen-bond acceptors (Lipinski definition) is 1. The monoisotopic (exact) mass is 178 g/mol. The van der Waals surface area contributed by atoms with E-state index in [1.807, 2.05) is 0 Å². The molecule has 0 unspecified atom stereocenters. The predicted octanol–water partition coefficient (Wildman–Crippen LogP) is 2.79. The quantitative estimate of drug-likeness (QED) is 0.635. The predicted molar refractivity (Wildman–Crippen MR) is 51.3 cm³/mol. The number of hydrogen-bond donors (Lipinski definition) is 0. The second kappa shape index (κ2) is 2.37. The van der Waals surface area contributed by atoms with E-state index >= 15 is 0 Å². The van der Waals surface area contributed by atoms with E-state index in [4.69, 9.17) is 0 Å². The fourth-order valence-corrected chi connectivity index (χ4v) is 3.65. The van der Waals surface area contributed by atoms with Gasteiger partial charge >= 0.3 is 0 Å². The Morgan fingerprint density at radius 2 is 2.08 bits per heavy atom. The van der Waals surface area contributed by atoms with Crippen LogP contribution in [-0.2, 0) is 4.79 Å². The lowest BCUT2D eigenvalue weighted by Gasteiger charge is -2.32. The van der Waals surface area contributed by atoms with E-state index in [0.717, 1.165) is 11.8 Å². The Morgan fingerprint density at radius 3 is 2.62 bits per heavy atom. The molecule has 3 atom stereocenters. The van der Waals surface area contributed by atoms with Crippen molar-refractivity contribution in [3.05, 3.63) is 0 Å². The Labute approximate surface area is 79.9 Å². The van der Waals surface area contributed by atoms with E-state index in [-0.39, 0.29) is 5.41 Å². The zero-order valence-corrected chi connectivity index (χ0v) is 8.38. The van der Waals surface area contributed by atoms with Crippen LogP contribution in [0.5, 0.6) is 0 Å². The van der Waals surface area contributed by atoms with E-state index in [1.54, 1.807) is 0 Å². The summed E-state index contributed by atoms with van der Waals surface area (Å²) in [5.41, 5.74) is 0.115. The van der Waals surface area contributed by atoms with Gasteiger partial charge in [0.1, 0.15) is 5.78 Å². The Hall–Kier alpha value is -0.330. The molecule has 2 bridgehead atoms. The molecule has 13 heavy (non-hydrogen) atoms. The molecule has 0 aromatic heterocycles. The molecule has 1 nitrogen and oxygen atoms in total. The molecule has 3 aliphatic carbocycles. The van der Waals surface area contributed by atoms with E-state index in [2.05, 4.69) is 6.92 Å². The van der Waals surface area contributed by atoms with Crippen molar-refractivity contribution in [2.45, 2.75) is 45.4 Å². The van der Waals surface area contributed by atoms with E-state index < -0.39 is 0 Å². The average Bonchev–Trinajstić information content (AvgIpc) is 2.72. The zero-order valence-electron chi connectivity index (χ0n) is 8.38. The van der Waals surface area contributed by atoms with Gasteiger partial charge in [0.2, 0.25) is 0 Å². The summed E-state index contributed by atoms with van der Waals surface area (Å²) in [6.07, 6.45) is 7.75. The molecular formula is C12H18O. The van der Waals surface area contributed by atoms with Crippen molar-refractivity contribution in [3.63, 3.8) is 0 Å². The molecule has 3 fully saturated rings. The summed E-state index contributed by atoms with van der Waals surface area (Å²) in [7, 11) is 0. The zero-order chi connectivity index (χ0) is 9.05. The first kappa shape index (κ1) is 8.02. The van der Waals surface area contributed by atoms with Crippen LogP contribution in [0.1, 0.15) is 45.4 Å². The maximum atomic E-state index is 12.1. The fraction of sp³-hybridized carbons (Fsp3) is 0.917. The molecule has 0 heterocycles. The molecule has 0 N–H and O–H groups in total. The lowest BCUT2D eigenvalue weighted by Crippen LogP contribution is -2.34. The topological polar surface area (TPSA) is 17.1 Å². The van der Waals surface area contributed by atoms with E-state index in [1.165, 1.54) is 38.5 Å². The molecule has 0 aliphatic heterocycles. The summed E-state index contributed by atoms with van der Waals surface area (Å²) in [5, 5.41) is 0. The minimum absolute atomic E-state index is 0.115. The SMILES string of the molecule is C[C@]1(CC2CC2)C(=O)[C@@H]2CC[C@H]1C2. The smallest absolute Gasteiger partial charge is 0.142 e. The molecule has 3 saturated carbocycles. The normalized spacial score (nSPS) is 48.8. The number of Topliss-reactive ketones (excluding diaryl/α,β-unsaturated/α-hetero) is 1. The van der Waals surface area contributed by atoms with Gasteiger partial charge in [-0.05, 0) is 37.5 Å². The summed E-state index contributed by atoms with van der Waals surface area (Å²) in [6.45, 7) is 2.25. The fourth-order valence-electron chi connectivity index (χ4n) is 3.65. The van der Waals surface area contributed by atoms with Gasteiger partial charge in [-0.2, -0.15) is 0 Å². The third kappa shape index (κ3) is 1.02. The van der Waals surface area contributed by atoms with Gasteiger partial charge in [-0.3, -0.25) is 4.79 Å². The van der Waals surface area contributed by atoms with Crippen molar-refractivity contribution in [3.8, 4) is 0 Å². The van der Waals surface area contributed by atoms with Gasteiger partial charge in [0, 0.05) is 11.3 Å². The van der Waals surface area contributed by atoms with Gasteiger partial charge < -0.3 is 0 Å². The largest absolute Gasteiger partial charge is 0.299 e. The molecule has 0 aromatic rings. The first-order chi connectivity index (χ1) is 6.20. The molecule has 0 aromatic carbocycles. The number of carbonyl (C=O) groups is 1. The lowest BCUT2D eigenvalue weighted by molar-refractivity contribution is -0.132. The Morgan fingerprint density at radius 1 is 1.31 bits per heavy atom. The van der Waals surface area contributed by atoms with E-state index in [9.17, 15) is 4.79 Å². The Bertz CT molecular complexity index is 254. The summed E-state index contributed by atoms with van der Waals surface area (Å²) >= 11 is 0. The number of ketones is 1. The van der Waals surface area contributed by atoms with Gasteiger partial charge in [-0.25, -0.2) is 0 Å². The highest BCUT2D eigenvalue weighted by atomic mass is 16.1. The van der Waals surface area contributed by atoms with Gasteiger partial charge in [0.05, 0.1) is 0 Å². The third-order valence-electron chi connectivity index (χ3n) is 4.68. The van der Waals surface area contributed by atoms with Gasteiger partial charge in [0.15, 0.2) is 0 Å². The summed E-state index contributed by atoms with van der Waals surface area (Å²) in [5.74, 6) is 2.75. The standard InChI is InChI=1S/C12H18O/c1-12(7-8-2-3-8)10-5-4-9(6-10)11(12)13/h8-10H,2-7H2,1H3/t9-,10+,12-/m1/s1. The highest BCUT2D eigenvalue weighted by Crippen LogP contribution is 2.57. The summed E-state index contributed by atoms with van der Waals surface area (Å²) in [6, 6.07) is 0. The molecule has 0 saturated heterocycles. The highest BCUT2D eigenvalue weighted by molar-refractivity contribution is 5.90. The van der Waals surface area contributed by atoms with Crippen LogP contribution in [0, 0.1) is 23.2 Å². The van der Waals surface area contributed by atoms with Crippen LogP contribution in [0.3, 0.4) is 0 Å². The lowest BCUT2D eigenvalue weighted by atomic mass is 9.70. The summed E-state index contributed by atoms with van der Waals surface area (Å²) < 4.78 is 0. The van der Waals surface area contributed by atoms with Crippen LogP contribution in [0.25, 0.3) is 0 Å². The molecule has 0 radical (unpaired) electrons. The molecular weight excluding hydrogens is 160 g/mol. The highest BCUT2D eigenvalue weighted by Gasteiger charge is 2.55. The van der Waals surface area contributed by atoms with Crippen LogP contribution in [-0.4, -0.2) is 5.78 Å². The van der Waals surface area contributed by atoms with Crippen molar-refractivity contribution >= 4 is 5.78 Å². The molecule has 72 valence electrons. The molecule has 0 amide bonds.